The van der Waals surface area contributed by atoms with E-state index in [1.54, 1.807) is 0 Å². The van der Waals surface area contributed by atoms with Gasteiger partial charge in [-0.05, 0) is 65.2 Å². The van der Waals surface area contributed by atoms with Crippen LogP contribution in [0.3, 0.4) is 0 Å². The van der Waals surface area contributed by atoms with E-state index in [-0.39, 0.29) is 11.3 Å². The fourth-order valence-electron chi connectivity index (χ4n) is 6.44. The van der Waals surface area contributed by atoms with Crippen LogP contribution in [-0.4, -0.2) is 14.1 Å². The number of para-hydroxylation sites is 2. The highest BCUT2D eigenvalue weighted by atomic mass is 32.2. The van der Waals surface area contributed by atoms with E-state index in [1.807, 2.05) is 23.5 Å². The largest absolute Gasteiger partial charge is 0.343 e. The third-order valence-corrected chi connectivity index (χ3v) is 11.3. The lowest BCUT2D eigenvalue weighted by atomic mass is 9.78. The first-order valence-corrected chi connectivity index (χ1v) is 17.3. The van der Waals surface area contributed by atoms with Gasteiger partial charge < -0.3 is 9.80 Å². The third kappa shape index (κ3) is 5.42. The zero-order chi connectivity index (χ0) is 31.1. The fourth-order valence-corrected chi connectivity index (χ4v) is 8.84. The van der Waals surface area contributed by atoms with E-state index in [1.165, 1.54) is 59.0 Å². The second-order valence-corrected chi connectivity index (χ2v) is 14.2. The molecule has 5 aromatic carbocycles. The summed E-state index contributed by atoms with van der Waals surface area (Å²) >= 11 is 3.70. The van der Waals surface area contributed by atoms with Gasteiger partial charge in [-0.25, -0.2) is 0 Å². The number of nitrogens with zero attached hydrogens (tertiary/aromatic N) is 2. The fraction of sp³-hybridized carbons (Fsp3) is 0.0952. The predicted molar refractivity (Wildman–Crippen MR) is 198 cm³/mol. The Balaban J connectivity index is 1.11. The first kappa shape index (κ1) is 28.8. The van der Waals surface area contributed by atoms with Gasteiger partial charge in [-0.3, -0.25) is 0 Å². The molecule has 224 valence electrons. The van der Waals surface area contributed by atoms with E-state index in [9.17, 15) is 0 Å². The normalized spacial score (nSPS) is 16.4. The molecule has 5 aromatic rings. The molecule has 3 aliphatic rings. The Morgan fingerprint density at radius 2 is 0.978 bits per heavy atom. The minimum Gasteiger partial charge on any atom is -0.343 e. The van der Waals surface area contributed by atoms with Crippen LogP contribution in [-0.2, 0) is 0 Å². The number of allylic oxidation sites excluding steroid dienone is 6. The Bertz CT molecular complexity index is 1930. The van der Waals surface area contributed by atoms with Crippen LogP contribution in [0, 0.1) is 5.41 Å². The molecule has 8 rings (SSSR count). The molecule has 0 saturated heterocycles. The van der Waals surface area contributed by atoms with Gasteiger partial charge in [0.05, 0.1) is 22.7 Å². The summed E-state index contributed by atoms with van der Waals surface area (Å²) in [5.74, 6) is 0.266. The number of hydrogen-bond acceptors (Lipinski definition) is 4. The van der Waals surface area contributed by atoms with Crippen LogP contribution in [0.4, 0.5) is 22.7 Å². The Kier molecular flexibility index (Phi) is 7.48. The molecule has 46 heavy (non-hydrogen) atoms. The maximum absolute atomic E-state index is 2.35. The number of anilines is 4. The molecule has 2 aliphatic heterocycles. The summed E-state index contributed by atoms with van der Waals surface area (Å²) in [7, 11) is 4.31. The summed E-state index contributed by atoms with van der Waals surface area (Å²) in [4.78, 5) is 9.74. The lowest BCUT2D eigenvalue weighted by Gasteiger charge is -2.30. The van der Waals surface area contributed by atoms with Gasteiger partial charge in [-0.15, -0.1) is 0 Å². The molecule has 1 aliphatic carbocycles. The van der Waals surface area contributed by atoms with E-state index in [2.05, 4.69) is 188 Å². The van der Waals surface area contributed by atoms with E-state index >= 15 is 0 Å². The standard InChI is InChI=1S/C42H34N2S2/c1-43-34-12-6-8-14-38(34)45-40-28-30(16-18-36(40)43)20-24-42(26-22-33(23-27-42)32-10-4-3-5-11-32)25-21-31-17-19-37-41(29-31)46-39-15-9-7-13-35(39)44(37)2/h3-29,33H,1-2H3/b24-20+,25-21+. The summed E-state index contributed by atoms with van der Waals surface area (Å²) in [6.45, 7) is 0. The smallest absolute Gasteiger partial charge is 0.0550 e. The van der Waals surface area contributed by atoms with Crippen molar-refractivity contribution in [3.8, 4) is 0 Å². The summed E-state index contributed by atoms with van der Waals surface area (Å²) in [6.07, 6.45) is 18.6. The number of benzene rings is 5. The number of hydrogen-bond donors (Lipinski definition) is 0. The number of rotatable bonds is 5. The van der Waals surface area contributed by atoms with E-state index < -0.39 is 0 Å². The molecule has 0 bridgehead atoms. The van der Waals surface area contributed by atoms with Crippen LogP contribution in [0.5, 0.6) is 0 Å². The monoisotopic (exact) mass is 630 g/mol. The Morgan fingerprint density at radius 3 is 1.50 bits per heavy atom. The van der Waals surface area contributed by atoms with Crippen molar-refractivity contribution in [2.75, 3.05) is 23.9 Å². The highest BCUT2D eigenvalue weighted by Gasteiger charge is 2.24. The van der Waals surface area contributed by atoms with Crippen molar-refractivity contribution in [1.29, 1.82) is 0 Å². The molecule has 2 nitrogen and oxygen atoms in total. The highest BCUT2D eigenvalue weighted by Crippen LogP contribution is 2.49. The second kappa shape index (κ2) is 11.9. The van der Waals surface area contributed by atoms with Gasteiger partial charge in [0.25, 0.3) is 0 Å². The zero-order valence-corrected chi connectivity index (χ0v) is 27.5. The van der Waals surface area contributed by atoms with Crippen molar-refractivity contribution in [2.45, 2.75) is 25.5 Å². The molecule has 2 heterocycles. The van der Waals surface area contributed by atoms with Crippen molar-refractivity contribution in [3.05, 3.63) is 168 Å². The van der Waals surface area contributed by atoms with Crippen molar-refractivity contribution in [2.24, 2.45) is 5.41 Å². The average Bonchev–Trinajstić information content (AvgIpc) is 3.11. The summed E-state index contributed by atoms with van der Waals surface area (Å²) < 4.78 is 0. The zero-order valence-electron chi connectivity index (χ0n) is 25.9. The predicted octanol–water partition coefficient (Wildman–Crippen LogP) is 11.8. The van der Waals surface area contributed by atoms with Crippen molar-refractivity contribution in [1.82, 2.24) is 0 Å². The van der Waals surface area contributed by atoms with Crippen LogP contribution >= 0.6 is 23.5 Å². The molecular weight excluding hydrogens is 597 g/mol. The minimum atomic E-state index is -0.343. The molecule has 0 aromatic heterocycles. The van der Waals surface area contributed by atoms with Gasteiger partial charge in [0.15, 0.2) is 0 Å². The molecule has 0 radical (unpaired) electrons. The van der Waals surface area contributed by atoms with Gasteiger partial charge in [0.1, 0.15) is 0 Å². The van der Waals surface area contributed by atoms with Gasteiger partial charge in [-0.2, -0.15) is 0 Å². The molecule has 0 unspecified atom stereocenters. The Morgan fingerprint density at radius 1 is 0.522 bits per heavy atom. The molecule has 0 fully saturated rings. The Labute approximate surface area is 280 Å². The lowest BCUT2D eigenvalue weighted by molar-refractivity contribution is 0.789. The Hall–Kier alpha value is -4.64. The van der Waals surface area contributed by atoms with Crippen molar-refractivity contribution < 1.29 is 0 Å². The van der Waals surface area contributed by atoms with Gasteiger partial charge in [0.2, 0.25) is 0 Å². The summed E-state index contributed by atoms with van der Waals surface area (Å²) in [5, 5.41) is 0. The van der Waals surface area contributed by atoms with Gasteiger partial charge in [-0.1, -0.05) is 139 Å². The molecule has 0 spiro atoms. The molecule has 0 N–H and O–H groups in total. The van der Waals surface area contributed by atoms with Crippen LogP contribution in [0.25, 0.3) is 12.2 Å². The van der Waals surface area contributed by atoms with Crippen LogP contribution in [0.1, 0.15) is 22.6 Å². The third-order valence-electron chi connectivity index (χ3n) is 9.08. The van der Waals surface area contributed by atoms with Crippen molar-refractivity contribution in [3.63, 3.8) is 0 Å². The van der Waals surface area contributed by atoms with Crippen LogP contribution in [0.15, 0.2) is 171 Å². The van der Waals surface area contributed by atoms with Gasteiger partial charge in [0, 0.05) is 45.0 Å². The molecular formula is C42H34N2S2. The molecule has 0 amide bonds. The average molecular weight is 631 g/mol. The molecule has 0 atom stereocenters. The quantitative estimate of drug-likeness (QED) is 0.178. The van der Waals surface area contributed by atoms with E-state index in [0.29, 0.717) is 0 Å². The van der Waals surface area contributed by atoms with E-state index in [0.717, 1.165) is 0 Å². The summed E-state index contributed by atoms with van der Waals surface area (Å²) in [6, 6.07) is 41.6. The molecule has 4 heteroatoms. The van der Waals surface area contributed by atoms with E-state index in [4.69, 9.17) is 0 Å². The molecule has 0 saturated carbocycles. The second-order valence-electron chi connectivity index (χ2n) is 12.0. The van der Waals surface area contributed by atoms with Crippen molar-refractivity contribution >= 4 is 58.4 Å². The first-order valence-electron chi connectivity index (χ1n) is 15.7. The SMILES string of the molecule is CN1c2ccccc2Sc2cc(/C=C/C3(/C=C/c4ccc5c(c4)Sc4ccccc4N5C)C=CC(c4ccccc4)C=C3)ccc21. The number of fused-ring (bicyclic) bond motifs is 4. The van der Waals surface area contributed by atoms with Crippen LogP contribution in [0.2, 0.25) is 0 Å². The van der Waals surface area contributed by atoms with Crippen LogP contribution < -0.4 is 9.80 Å². The highest BCUT2D eigenvalue weighted by molar-refractivity contribution is 8.00. The maximum atomic E-state index is 2.35. The lowest BCUT2D eigenvalue weighted by Crippen LogP contribution is -2.14. The summed E-state index contributed by atoms with van der Waals surface area (Å²) in [5.41, 5.74) is 8.38. The topological polar surface area (TPSA) is 6.48 Å². The maximum Gasteiger partial charge on any atom is 0.0550 e. The first-order chi connectivity index (χ1) is 22.6. The minimum absolute atomic E-state index is 0.266. The van der Waals surface area contributed by atoms with Gasteiger partial charge >= 0.3 is 0 Å².